The Hall–Kier alpha value is -2.50. The summed E-state index contributed by atoms with van der Waals surface area (Å²) in [5.74, 6) is -0.0538. The Bertz CT molecular complexity index is 749. The lowest BCUT2D eigenvalue weighted by molar-refractivity contribution is -0.134. The molecule has 6 nitrogen and oxygen atoms in total. The van der Waals surface area contributed by atoms with Crippen LogP contribution in [0.2, 0.25) is 0 Å². The average Bonchev–Trinajstić information content (AvgIpc) is 2.88. The zero-order valence-electron chi connectivity index (χ0n) is 11.3. The third-order valence-electron chi connectivity index (χ3n) is 4.00. The molecule has 0 spiro atoms. The van der Waals surface area contributed by atoms with Gasteiger partial charge in [-0.2, -0.15) is 0 Å². The smallest absolute Gasteiger partial charge is 0.234 e. The number of imide groups is 1. The van der Waals surface area contributed by atoms with Gasteiger partial charge >= 0.3 is 0 Å². The molecule has 1 saturated heterocycles. The normalized spacial score (nSPS) is 21.4. The first kappa shape index (κ1) is 12.3. The van der Waals surface area contributed by atoms with E-state index >= 15 is 0 Å². The Morgan fingerprint density at radius 3 is 3.00 bits per heavy atom. The molecule has 1 atom stereocenters. The maximum Gasteiger partial charge on any atom is 0.234 e. The first-order chi connectivity index (χ1) is 10.2. The van der Waals surface area contributed by atoms with Crippen LogP contribution in [-0.4, -0.2) is 25.0 Å². The molecule has 2 aliphatic heterocycles. The number of amides is 2. The Morgan fingerprint density at radius 1 is 1.24 bits per heavy atom. The van der Waals surface area contributed by atoms with Crippen LogP contribution in [0.3, 0.4) is 0 Å². The van der Waals surface area contributed by atoms with Crippen LogP contribution in [0.4, 0.5) is 5.69 Å². The number of nitrogens with one attached hydrogen (secondary N) is 2. The molecule has 0 aliphatic carbocycles. The first-order valence-electron chi connectivity index (χ1n) is 6.98. The number of anilines is 1. The highest BCUT2D eigenvalue weighted by Crippen LogP contribution is 2.38. The van der Waals surface area contributed by atoms with Crippen LogP contribution >= 0.6 is 0 Å². The van der Waals surface area contributed by atoms with Gasteiger partial charge < -0.3 is 14.5 Å². The average molecular weight is 286 g/mol. The van der Waals surface area contributed by atoms with Gasteiger partial charge in [0.25, 0.3) is 0 Å². The first-order valence-corrected chi connectivity index (χ1v) is 6.98. The standard InChI is InChI=1S/C15H14N2O4/c18-14-2-1-8(15(19)17-14)10-7-21-12-6-11-13(5-9(10)12)20-4-3-16-11/h5-8,16H,1-4H2,(H,17,18,19)/t8-/m1/s1. The van der Waals surface area contributed by atoms with Crippen molar-refractivity contribution >= 4 is 28.5 Å². The molecular weight excluding hydrogens is 272 g/mol. The van der Waals surface area contributed by atoms with E-state index in [1.807, 2.05) is 12.1 Å². The molecule has 21 heavy (non-hydrogen) atoms. The van der Waals surface area contributed by atoms with Crippen molar-refractivity contribution in [2.45, 2.75) is 18.8 Å². The van der Waals surface area contributed by atoms with Gasteiger partial charge in [-0.3, -0.25) is 14.9 Å². The summed E-state index contributed by atoms with van der Waals surface area (Å²) in [6, 6.07) is 3.79. The van der Waals surface area contributed by atoms with Gasteiger partial charge in [-0.25, -0.2) is 0 Å². The van der Waals surface area contributed by atoms with Crippen molar-refractivity contribution in [3.8, 4) is 5.75 Å². The Morgan fingerprint density at radius 2 is 2.14 bits per heavy atom. The molecule has 0 radical (unpaired) electrons. The number of benzene rings is 1. The molecule has 2 N–H and O–H groups in total. The van der Waals surface area contributed by atoms with E-state index in [1.54, 1.807) is 6.26 Å². The summed E-state index contributed by atoms with van der Waals surface area (Å²) in [7, 11) is 0. The lowest BCUT2D eigenvalue weighted by atomic mass is 9.90. The second-order valence-electron chi connectivity index (χ2n) is 5.31. The molecule has 1 aromatic heterocycles. The van der Waals surface area contributed by atoms with Gasteiger partial charge in [0.2, 0.25) is 11.8 Å². The monoisotopic (exact) mass is 286 g/mol. The largest absolute Gasteiger partial charge is 0.490 e. The van der Waals surface area contributed by atoms with Crippen molar-refractivity contribution in [2.75, 3.05) is 18.5 Å². The molecule has 2 aliphatic rings. The third kappa shape index (κ3) is 1.94. The molecule has 4 rings (SSSR count). The molecule has 1 fully saturated rings. The minimum atomic E-state index is -0.349. The third-order valence-corrected chi connectivity index (χ3v) is 4.00. The van der Waals surface area contributed by atoms with Crippen molar-refractivity contribution in [3.05, 3.63) is 24.0 Å². The summed E-state index contributed by atoms with van der Waals surface area (Å²) in [5, 5.41) is 6.50. The SMILES string of the molecule is O=C1CC[C@H](c2coc3cc4c(cc23)OCCN4)C(=O)N1. The van der Waals surface area contributed by atoms with Gasteiger partial charge in [0.05, 0.1) is 17.9 Å². The number of fused-ring (bicyclic) bond motifs is 2. The molecule has 2 amide bonds. The maximum absolute atomic E-state index is 12.0. The summed E-state index contributed by atoms with van der Waals surface area (Å²) in [6.45, 7) is 1.38. The van der Waals surface area contributed by atoms with Gasteiger partial charge in [0, 0.05) is 30.0 Å². The Labute approximate surface area is 120 Å². The Kier molecular flexibility index (Phi) is 2.63. The maximum atomic E-state index is 12.0. The molecule has 2 aromatic rings. The predicted octanol–water partition coefficient (Wildman–Crippen LogP) is 1.76. The number of furan rings is 1. The number of hydrogen-bond acceptors (Lipinski definition) is 5. The van der Waals surface area contributed by atoms with Crippen molar-refractivity contribution < 1.29 is 18.7 Å². The number of piperidine rings is 1. The van der Waals surface area contributed by atoms with Crippen LogP contribution in [0.25, 0.3) is 11.0 Å². The quantitative estimate of drug-likeness (QED) is 0.781. The van der Waals surface area contributed by atoms with Gasteiger partial charge in [0.1, 0.15) is 17.9 Å². The Balaban J connectivity index is 1.79. The summed E-state index contributed by atoms with van der Waals surface area (Å²) in [4.78, 5) is 23.3. The molecule has 108 valence electrons. The molecule has 1 aromatic carbocycles. The molecular formula is C15H14N2O4. The molecule has 0 bridgehead atoms. The number of ether oxygens (including phenoxy) is 1. The highest BCUT2D eigenvalue weighted by atomic mass is 16.5. The minimum Gasteiger partial charge on any atom is -0.490 e. The number of rotatable bonds is 1. The van der Waals surface area contributed by atoms with Crippen molar-refractivity contribution in [3.63, 3.8) is 0 Å². The van der Waals surface area contributed by atoms with Crippen LogP contribution in [-0.2, 0) is 9.59 Å². The van der Waals surface area contributed by atoms with E-state index in [0.29, 0.717) is 25.0 Å². The van der Waals surface area contributed by atoms with E-state index in [9.17, 15) is 9.59 Å². The van der Waals surface area contributed by atoms with E-state index in [-0.39, 0.29) is 17.7 Å². The highest BCUT2D eigenvalue weighted by molar-refractivity contribution is 6.03. The van der Waals surface area contributed by atoms with Crippen LogP contribution in [0.1, 0.15) is 24.3 Å². The van der Waals surface area contributed by atoms with Crippen molar-refractivity contribution in [2.24, 2.45) is 0 Å². The minimum absolute atomic E-state index is 0.214. The van der Waals surface area contributed by atoms with E-state index in [4.69, 9.17) is 9.15 Å². The van der Waals surface area contributed by atoms with Crippen LogP contribution in [0.5, 0.6) is 5.75 Å². The zero-order chi connectivity index (χ0) is 14.4. The predicted molar refractivity (Wildman–Crippen MR) is 75.3 cm³/mol. The summed E-state index contributed by atoms with van der Waals surface area (Å²) in [5.41, 5.74) is 2.43. The van der Waals surface area contributed by atoms with Gasteiger partial charge in [-0.05, 0) is 12.5 Å². The molecule has 0 unspecified atom stereocenters. The second kappa shape index (κ2) is 4.51. The van der Waals surface area contributed by atoms with Crippen molar-refractivity contribution in [1.29, 1.82) is 0 Å². The number of hydrogen-bond donors (Lipinski definition) is 2. The molecule has 3 heterocycles. The van der Waals surface area contributed by atoms with Crippen LogP contribution < -0.4 is 15.4 Å². The van der Waals surface area contributed by atoms with E-state index in [2.05, 4.69) is 10.6 Å². The van der Waals surface area contributed by atoms with Crippen molar-refractivity contribution in [1.82, 2.24) is 5.32 Å². The fraction of sp³-hybridized carbons (Fsp3) is 0.333. The fourth-order valence-corrected chi connectivity index (χ4v) is 2.94. The molecule has 0 saturated carbocycles. The van der Waals surface area contributed by atoms with Gasteiger partial charge in [-0.1, -0.05) is 0 Å². The van der Waals surface area contributed by atoms with E-state index < -0.39 is 0 Å². The topological polar surface area (TPSA) is 80.6 Å². The van der Waals surface area contributed by atoms with Crippen LogP contribution in [0.15, 0.2) is 22.8 Å². The lowest BCUT2D eigenvalue weighted by Crippen LogP contribution is -2.39. The second-order valence-corrected chi connectivity index (χ2v) is 5.31. The summed E-state index contributed by atoms with van der Waals surface area (Å²) < 4.78 is 11.2. The summed E-state index contributed by atoms with van der Waals surface area (Å²) >= 11 is 0. The zero-order valence-corrected chi connectivity index (χ0v) is 11.3. The summed E-state index contributed by atoms with van der Waals surface area (Å²) in [6.07, 6.45) is 2.47. The highest BCUT2D eigenvalue weighted by Gasteiger charge is 2.30. The van der Waals surface area contributed by atoms with Crippen LogP contribution in [0, 0.1) is 0 Å². The number of carbonyl (C=O) groups is 2. The number of carbonyl (C=O) groups excluding carboxylic acids is 2. The fourth-order valence-electron chi connectivity index (χ4n) is 2.94. The van der Waals surface area contributed by atoms with E-state index in [0.717, 1.165) is 28.9 Å². The van der Waals surface area contributed by atoms with Gasteiger partial charge in [0.15, 0.2) is 0 Å². The lowest BCUT2D eigenvalue weighted by Gasteiger charge is -2.21. The van der Waals surface area contributed by atoms with Gasteiger partial charge in [-0.15, -0.1) is 0 Å². The van der Waals surface area contributed by atoms with E-state index in [1.165, 1.54) is 0 Å². The molecule has 6 heteroatoms.